The molecule has 0 spiro atoms. The number of aliphatic carboxylic acids is 1. The van der Waals surface area contributed by atoms with Crippen molar-refractivity contribution in [1.29, 1.82) is 0 Å². The van der Waals surface area contributed by atoms with Crippen molar-refractivity contribution < 1.29 is 9.90 Å². The summed E-state index contributed by atoms with van der Waals surface area (Å²) < 4.78 is 0. The number of rotatable bonds is 4. The Balaban J connectivity index is 2.50. The standard InChI is InChI=1S/C13H14N2O2S/c1-18-13-9(10(14)7-12(16)17)6-8-4-2-3-5-11(8)15-13/h2-6,10H,7,14H2,1H3,(H,16,17). The number of hydrogen-bond donors (Lipinski definition) is 2. The van der Waals surface area contributed by atoms with Crippen LogP contribution in [0.2, 0.25) is 0 Å². The van der Waals surface area contributed by atoms with Crippen LogP contribution >= 0.6 is 11.8 Å². The first kappa shape index (κ1) is 12.9. The highest BCUT2D eigenvalue weighted by Gasteiger charge is 2.16. The van der Waals surface area contributed by atoms with Crippen molar-refractivity contribution in [3.05, 3.63) is 35.9 Å². The largest absolute Gasteiger partial charge is 0.481 e. The second kappa shape index (κ2) is 5.37. The van der Waals surface area contributed by atoms with Crippen molar-refractivity contribution in [2.24, 2.45) is 5.73 Å². The molecule has 0 saturated carbocycles. The number of hydrogen-bond acceptors (Lipinski definition) is 4. The Hall–Kier alpha value is -1.59. The van der Waals surface area contributed by atoms with Crippen LogP contribution in [0.5, 0.6) is 0 Å². The van der Waals surface area contributed by atoms with Gasteiger partial charge in [-0.15, -0.1) is 11.8 Å². The van der Waals surface area contributed by atoms with E-state index in [9.17, 15) is 4.79 Å². The number of fused-ring (bicyclic) bond motifs is 1. The first-order valence-corrected chi connectivity index (χ1v) is 6.75. The molecule has 0 aliphatic heterocycles. The zero-order valence-electron chi connectivity index (χ0n) is 9.96. The minimum Gasteiger partial charge on any atom is -0.481 e. The summed E-state index contributed by atoms with van der Waals surface area (Å²) in [5.41, 5.74) is 7.62. The van der Waals surface area contributed by atoms with Gasteiger partial charge in [0, 0.05) is 17.0 Å². The molecule has 94 valence electrons. The molecule has 2 rings (SSSR count). The molecule has 1 aromatic heterocycles. The zero-order chi connectivity index (χ0) is 13.1. The van der Waals surface area contributed by atoms with Gasteiger partial charge in [-0.3, -0.25) is 4.79 Å². The zero-order valence-corrected chi connectivity index (χ0v) is 10.8. The van der Waals surface area contributed by atoms with Gasteiger partial charge in [-0.05, 0) is 18.4 Å². The lowest BCUT2D eigenvalue weighted by atomic mass is 10.0. The second-order valence-electron chi connectivity index (χ2n) is 3.98. The average molecular weight is 262 g/mol. The molecular formula is C13H14N2O2S. The number of thioether (sulfide) groups is 1. The Morgan fingerprint density at radius 2 is 2.22 bits per heavy atom. The summed E-state index contributed by atoms with van der Waals surface area (Å²) in [6.07, 6.45) is 1.82. The van der Waals surface area contributed by atoms with Crippen molar-refractivity contribution in [3.8, 4) is 0 Å². The van der Waals surface area contributed by atoms with Gasteiger partial charge in [-0.1, -0.05) is 18.2 Å². The fourth-order valence-electron chi connectivity index (χ4n) is 1.84. The van der Waals surface area contributed by atoms with Gasteiger partial charge in [0.05, 0.1) is 11.9 Å². The van der Waals surface area contributed by atoms with Gasteiger partial charge >= 0.3 is 5.97 Å². The highest BCUT2D eigenvalue weighted by Crippen LogP contribution is 2.28. The van der Waals surface area contributed by atoms with Gasteiger partial charge in [0.1, 0.15) is 5.03 Å². The minimum absolute atomic E-state index is 0.0897. The summed E-state index contributed by atoms with van der Waals surface area (Å²) in [6, 6.07) is 9.14. The van der Waals surface area contributed by atoms with Crippen LogP contribution in [0.4, 0.5) is 0 Å². The Kier molecular flexibility index (Phi) is 3.84. The maximum atomic E-state index is 10.7. The van der Waals surface area contributed by atoms with E-state index < -0.39 is 12.0 Å². The number of carbonyl (C=O) groups is 1. The lowest BCUT2D eigenvalue weighted by Gasteiger charge is -2.14. The van der Waals surface area contributed by atoms with Crippen LogP contribution in [0.1, 0.15) is 18.0 Å². The summed E-state index contributed by atoms with van der Waals surface area (Å²) in [6.45, 7) is 0. The Morgan fingerprint density at radius 3 is 2.89 bits per heavy atom. The summed E-state index contributed by atoms with van der Waals surface area (Å²) in [7, 11) is 0. The number of benzene rings is 1. The minimum atomic E-state index is -0.900. The fourth-order valence-corrected chi connectivity index (χ4v) is 2.48. The molecule has 5 heteroatoms. The third-order valence-corrected chi connectivity index (χ3v) is 3.42. The van der Waals surface area contributed by atoms with Crippen LogP contribution in [0.25, 0.3) is 10.9 Å². The molecule has 0 bridgehead atoms. The number of nitrogens with zero attached hydrogens (tertiary/aromatic N) is 1. The molecule has 1 atom stereocenters. The molecule has 0 aliphatic rings. The molecular weight excluding hydrogens is 248 g/mol. The van der Waals surface area contributed by atoms with Crippen LogP contribution in [-0.4, -0.2) is 22.3 Å². The molecule has 1 aromatic carbocycles. The molecule has 3 N–H and O–H groups in total. The third-order valence-electron chi connectivity index (χ3n) is 2.70. The lowest BCUT2D eigenvalue weighted by Crippen LogP contribution is -2.16. The summed E-state index contributed by atoms with van der Waals surface area (Å²) in [5, 5.41) is 10.6. The van der Waals surface area contributed by atoms with Crippen molar-refractivity contribution >= 4 is 28.6 Å². The molecule has 4 nitrogen and oxygen atoms in total. The maximum Gasteiger partial charge on any atom is 0.305 e. The number of nitrogens with two attached hydrogens (primary N) is 1. The number of pyridine rings is 1. The molecule has 2 aromatic rings. The summed E-state index contributed by atoms with van der Waals surface area (Å²) in [5.74, 6) is -0.900. The van der Waals surface area contributed by atoms with Crippen molar-refractivity contribution in [3.63, 3.8) is 0 Å². The van der Waals surface area contributed by atoms with Crippen molar-refractivity contribution in [1.82, 2.24) is 4.98 Å². The summed E-state index contributed by atoms with van der Waals surface area (Å²) in [4.78, 5) is 15.3. The van der Waals surface area contributed by atoms with Crippen LogP contribution in [0.15, 0.2) is 35.4 Å². The lowest BCUT2D eigenvalue weighted by molar-refractivity contribution is -0.137. The van der Waals surface area contributed by atoms with Crippen molar-refractivity contribution in [2.75, 3.05) is 6.26 Å². The van der Waals surface area contributed by atoms with E-state index in [1.807, 2.05) is 36.6 Å². The van der Waals surface area contributed by atoms with Gasteiger partial charge in [-0.2, -0.15) is 0 Å². The van der Waals surface area contributed by atoms with Crippen LogP contribution in [-0.2, 0) is 4.79 Å². The topological polar surface area (TPSA) is 76.2 Å². The van der Waals surface area contributed by atoms with Gasteiger partial charge in [-0.25, -0.2) is 4.98 Å². The normalized spacial score (nSPS) is 12.6. The third kappa shape index (κ3) is 2.63. The Morgan fingerprint density at radius 1 is 1.50 bits per heavy atom. The molecule has 0 fully saturated rings. The highest BCUT2D eigenvalue weighted by molar-refractivity contribution is 7.98. The van der Waals surface area contributed by atoms with Crippen LogP contribution < -0.4 is 5.73 Å². The molecule has 0 aliphatic carbocycles. The number of carboxylic acid groups (broad SMARTS) is 1. The monoisotopic (exact) mass is 262 g/mol. The van der Waals surface area contributed by atoms with Gasteiger partial charge < -0.3 is 10.8 Å². The van der Waals surface area contributed by atoms with Crippen molar-refractivity contribution in [2.45, 2.75) is 17.5 Å². The van der Waals surface area contributed by atoms with E-state index in [2.05, 4.69) is 4.98 Å². The molecule has 18 heavy (non-hydrogen) atoms. The molecule has 0 amide bonds. The SMILES string of the molecule is CSc1nc2ccccc2cc1C(N)CC(=O)O. The first-order valence-electron chi connectivity index (χ1n) is 5.53. The van der Waals surface area contributed by atoms with Crippen LogP contribution in [0.3, 0.4) is 0 Å². The van der Waals surface area contributed by atoms with Gasteiger partial charge in [0.25, 0.3) is 0 Å². The Bertz CT molecular complexity index is 586. The van der Waals surface area contributed by atoms with Gasteiger partial charge in [0.2, 0.25) is 0 Å². The number of aromatic nitrogens is 1. The highest BCUT2D eigenvalue weighted by atomic mass is 32.2. The maximum absolute atomic E-state index is 10.7. The molecule has 1 heterocycles. The average Bonchev–Trinajstić information content (AvgIpc) is 2.36. The number of para-hydroxylation sites is 1. The van der Waals surface area contributed by atoms with E-state index in [-0.39, 0.29) is 6.42 Å². The Labute approximate surface area is 109 Å². The fraction of sp³-hybridized carbons (Fsp3) is 0.231. The number of carboxylic acids is 1. The van der Waals surface area contributed by atoms with E-state index >= 15 is 0 Å². The van der Waals surface area contributed by atoms with E-state index in [4.69, 9.17) is 10.8 Å². The smallest absolute Gasteiger partial charge is 0.305 e. The summed E-state index contributed by atoms with van der Waals surface area (Å²) >= 11 is 1.48. The van der Waals surface area contributed by atoms with E-state index in [1.165, 1.54) is 11.8 Å². The predicted octanol–water partition coefficient (Wildman–Crippen LogP) is 2.43. The molecule has 1 unspecified atom stereocenters. The predicted molar refractivity (Wildman–Crippen MR) is 72.7 cm³/mol. The molecule has 0 radical (unpaired) electrons. The van der Waals surface area contributed by atoms with E-state index in [0.717, 1.165) is 21.5 Å². The van der Waals surface area contributed by atoms with E-state index in [0.29, 0.717) is 0 Å². The van der Waals surface area contributed by atoms with Gasteiger partial charge in [0.15, 0.2) is 0 Å². The molecule has 0 saturated heterocycles. The van der Waals surface area contributed by atoms with Crippen LogP contribution in [0, 0.1) is 0 Å². The second-order valence-corrected chi connectivity index (χ2v) is 4.78. The first-order chi connectivity index (χ1) is 8.61. The quantitative estimate of drug-likeness (QED) is 0.828. The van der Waals surface area contributed by atoms with E-state index in [1.54, 1.807) is 0 Å².